The molecule has 204 valence electrons. The molecule has 38 heavy (non-hydrogen) atoms. The molecule has 0 fully saturated rings. The highest BCUT2D eigenvalue weighted by Gasteiger charge is 2.34. The number of nitrogens with two attached hydrogens (primary N) is 1. The van der Waals surface area contributed by atoms with Gasteiger partial charge in [0.25, 0.3) is 0 Å². The molecule has 1 aliphatic rings. The second kappa shape index (κ2) is 10.7. The van der Waals surface area contributed by atoms with Gasteiger partial charge >= 0.3 is 6.03 Å². The highest BCUT2D eigenvalue weighted by Crippen LogP contribution is 2.40. The van der Waals surface area contributed by atoms with Crippen molar-refractivity contribution in [3.8, 4) is 22.7 Å². The third-order valence-electron chi connectivity index (χ3n) is 7.31. The van der Waals surface area contributed by atoms with Crippen molar-refractivity contribution in [2.45, 2.75) is 66.5 Å². The lowest BCUT2D eigenvalue weighted by molar-refractivity contribution is 0.100. The number of carbonyl (C=O) groups is 1. The highest BCUT2D eigenvalue weighted by atomic mass is 19.1. The molecule has 9 heteroatoms. The fraction of sp³-hybridized carbons (Fsp3) is 0.448. The van der Waals surface area contributed by atoms with Crippen LogP contribution in [0.1, 0.15) is 57.9 Å². The quantitative estimate of drug-likeness (QED) is 0.367. The molecule has 0 spiro atoms. The van der Waals surface area contributed by atoms with Crippen molar-refractivity contribution in [2.24, 2.45) is 11.7 Å². The molecule has 2 amide bonds. The van der Waals surface area contributed by atoms with Crippen molar-refractivity contribution in [3.05, 3.63) is 58.8 Å². The van der Waals surface area contributed by atoms with E-state index in [1.807, 2.05) is 25.1 Å². The van der Waals surface area contributed by atoms with E-state index >= 15 is 8.78 Å². The summed E-state index contributed by atoms with van der Waals surface area (Å²) in [5.74, 6) is -0.553. The summed E-state index contributed by atoms with van der Waals surface area (Å²) < 4.78 is 38.7. The molecule has 2 aromatic carbocycles. The van der Waals surface area contributed by atoms with Crippen LogP contribution in [0.25, 0.3) is 16.9 Å². The van der Waals surface area contributed by atoms with Gasteiger partial charge < -0.3 is 15.8 Å². The fourth-order valence-electron chi connectivity index (χ4n) is 4.79. The number of hydrogen-bond acceptors (Lipinski definition) is 4. The zero-order valence-electron chi connectivity index (χ0n) is 23.0. The maximum Gasteiger partial charge on any atom is 0.316 e. The number of anilines is 1. The number of ether oxygens (including phenoxy) is 1. The van der Waals surface area contributed by atoms with Gasteiger partial charge in [-0.15, -0.1) is 0 Å². The number of urea groups is 1. The largest absolute Gasteiger partial charge is 0.491 e. The number of carbonyl (C=O) groups excluding carboxylic acids is 1. The van der Waals surface area contributed by atoms with Gasteiger partial charge in [-0.25, -0.2) is 18.3 Å². The molecule has 0 atom stereocenters. The standard InChI is InChI=1S/C29H37F2N5O2/c1-7-29(5,6)35-12-11-23-20(15-35)27(19-13-22(31)24(14-21(19)30)33-28(32)37)36(34-23)26-18(4)9-8-10-25(26)38-16-17(2)3/h8-10,13-14,17H,7,11-12,15-16H2,1-6H3,(H3,32,33,37). The maximum absolute atomic E-state index is 15.7. The van der Waals surface area contributed by atoms with Crippen LogP contribution in [-0.4, -0.2) is 39.4 Å². The minimum Gasteiger partial charge on any atom is -0.491 e. The molecule has 1 aromatic heterocycles. The smallest absolute Gasteiger partial charge is 0.316 e. The predicted molar refractivity (Wildman–Crippen MR) is 146 cm³/mol. The van der Waals surface area contributed by atoms with Crippen LogP contribution in [0.5, 0.6) is 5.75 Å². The number of amides is 2. The Morgan fingerprint density at radius 3 is 2.63 bits per heavy atom. The van der Waals surface area contributed by atoms with E-state index in [4.69, 9.17) is 15.6 Å². The minimum absolute atomic E-state index is 0.0560. The third kappa shape index (κ3) is 5.38. The number of nitrogens with zero attached hydrogens (tertiary/aromatic N) is 3. The maximum atomic E-state index is 15.7. The average molecular weight is 526 g/mol. The Labute approximate surface area is 223 Å². The Bertz CT molecular complexity index is 1350. The first kappa shape index (κ1) is 27.6. The zero-order chi connectivity index (χ0) is 27.8. The van der Waals surface area contributed by atoms with Crippen molar-refractivity contribution in [1.82, 2.24) is 14.7 Å². The van der Waals surface area contributed by atoms with E-state index in [1.165, 1.54) is 0 Å². The molecule has 0 unspecified atom stereocenters. The third-order valence-corrected chi connectivity index (χ3v) is 7.31. The topological polar surface area (TPSA) is 85.4 Å². The number of primary amides is 1. The van der Waals surface area contributed by atoms with Gasteiger partial charge in [0.2, 0.25) is 0 Å². The molecular formula is C29H37F2N5O2. The van der Waals surface area contributed by atoms with Crippen LogP contribution in [0, 0.1) is 24.5 Å². The summed E-state index contributed by atoms with van der Waals surface area (Å²) in [5, 5.41) is 7.11. The Morgan fingerprint density at radius 1 is 1.24 bits per heavy atom. The van der Waals surface area contributed by atoms with Crippen molar-refractivity contribution in [1.29, 1.82) is 0 Å². The number of fused-ring (bicyclic) bond motifs is 1. The lowest BCUT2D eigenvalue weighted by atomic mass is 9.93. The lowest BCUT2D eigenvalue weighted by Crippen LogP contribution is -2.46. The first-order valence-electron chi connectivity index (χ1n) is 13.1. The SMILES string of the molecule is CCC(C)(C)N1CCc2nn(-c3c(C)cccc3OCC(C)C)c(-c3cc(F)c(NC(N)=O)cc3F)c2C1. The van der Waals surface area contributed by atoms with Crippen LogP contribution in [0.15, 0.2) is 30.3 Å². The van der Waals surface area contributed by atoms with Gasteiger partial charge in [-0.1, -0.05) is 32.9 Å². The van der Waals surface area contributed by atoms with Gasteiger partial charge in [0.1, 0.15) is 23.1 Å². The summed E-state index contributed by atoms with van der Waals surface area (Å²) in [7, 11) is 0. The molecule has 4 rings (SSSR count). The number of nitrogens with one attached hydrogen (secondary N) is 1. The number of benzene rings is 2. The molecule has 2 heterocycles. The summed E-state index contributed by atoms with van der Waals surface area (Å²) in [6, 6.07) is 6.83. The predicted octanol–water partition coefficient (Wildman–Crippen LogP) is 6.20. The monoisotopic (exact) mass is 525 g/mol. The van der Waals surface area contributed by atoms with E-state index in [0.717, 1.165) is 41.9 Å². The second-order valence-electron chi connectivity index (χ2n) is 11.0. The average Bonchev–Trinajstić information content (AvgIpc) is 3.22. The number of para-hydroxylation sites is 1. The van der Waals surface area contributed by atoms with Crippen LogP contribution in [0.3, 0.4) is 0 Å². The molecule has 3 aromatic rings. The molecule has 7 nitrogen and oxygen atoms in total. The van der Waals surface area contributed by atoms with Gasteiger partial charge in [-0.05, 0) is 50.8 Å². The van der Waals surface area contributed by atoms with E-state index in [2.05, 4.69) is 44.8 Å². The molecule has 0 aliphatic carbocycles. The zero-order valence-corrected chi connectivity index (χ0v) is 23.0. The highest BCUT2D eigenvalue weighted by molar-refractivity contribution is 5.88. The van der Waals surface area contributed by atoms with Crippen LogP contribution in [0.4, 0.5) is 19.3 Å². The Kier molecular flexibility index (Phi) is 7.78. The fourth-order valence-corrected chi connectivity index (χ4v) is 4.79. The lowest BCUT2D eigenvalue weighted by Gasteiger charge is -2.40. The van der Waals surface area contributed by atoms with E-state index in [1.54, 1.807) is 4.68 Å². The van der Waals surface area contributed by atoms with Crippen LogP contribution in [-0.2, 0) is 13.0 Å². The molecule has 3 N–H and O–H groups in total. The van der Waals surface area contributed by atoms with Gasteiger partial charge in [-0.2, -0.15) is 5.10 Å². The number of hydrogen-bond donors (Lipinski definition) is 2. The molecule has 0 radical (unpaired) electrons. The molecular weight excluding hydrogens is 488 g/mol. The number of halogens is 2. The van der Waals surface area contributed by atoms with Crippen molar-refractivity contribution < 1.29 is 18.3 Å². The first-order valence-corrected chi connectivity index (χ1v) is 13.1. The molecule has 0 saturated carbocycles. The van der Waals surface area contributed by atoms with Gasteiger partial charge in [0, 0.05) is 42.2 Å². The van der Waals surface area contributed by atoms with E-state index in [-0.39, 0.29) is 16.8 Å². The summed E-state index contributed by atoms with van der Waals surface area (Å²) in [4.78, 5) is 13.7. The number of aryl methyl sites for hydroxylation is 1. The van der Waals surface area contributed by atoms with Gasteiger partial charge in [0.15, 0.2) is 0 Å². The summed E-state index contributed by atoms with van der Waals surface area (Å²) in [5.41, 5.74) is 8.57. The summed E-state index contributed by atoms with van der Waals surface area (Å²) in [6.45, 7) is 14.5. The summed E-state index contributed by atoms with van der Waals surface area (Å²) in [6.07, 6.45) is 1.62. The van der Waals surface area contributed by atoms with E-state index in [0.29, 0.717) is 42.6 Å². The van der Waals surface area contributed by atoms with E-state index < -0.39 is 17.7 Å². The second-order valence-corrected chi connectivity index (χ2v) is 11.0. The van der Waals surface area contributed by atoms with E-state index in [9.17, 15) is 4.79 Å². The van der Waals surface area contributed by atoms with Crippen LogP contribution in [0.2, 0.25) is 0 Å². The van der Waals surface area contributed by atoms with Gasteiger partial charge in [-0.3, -0.25) is 4.90 Å². The summed E-state index contributed by atoms with van der Waals surface area (Å²) >= 11 is 0. The number of rotatable bonds is 8. The molecule has 0 bridgehead atoms. The molecule has 0 saturated heterocycles. The Hall–Kier alpha value is -3.46. The van der Waals surface area contributed by atoms with Gasteiger partial charge in [0.05, 0.1) is 23.7 Å². The first-order chi connectivity index (χ1) is 17.9. The minimum atomic E-state index is -0.970. The molecule has 1 aliphatic heterocycles. The van der Waals surface area contributed by atoms with Crippen molar-refractivity contribution in [3.63, 3.8) is 0 Å². The normalized spacial score (nSPS) is 14.0. The van der Waals surface area contributed by atoms with Crippen molar-refractivity contribution >= 4 is 11.7 Å². The Balaban J connectivity index is 1.96. The van der Waals surface area contributed by atoms with Crippen LogP contribution >= 0.6 is 0 Å². The van der Waals surface area contributed by atoms with Crippen LogP contribution < -0.4 is 15.8 Å². The van der Waals surface area contributed by atoms with Crippen molar-refractivity contribution in [2.75, 3.05) is 18.5 Å². The number of aromatic nitrogens is 2. The Morgan fingerprint density at radius 2 is 1.97 bits per heavy atom.